The van der Waals surface area contributed by atoms with Gasteiger partial charge in [0.05, 0.1) is 18.4 Å². The van der Waals surface area contributed by atoms with Crippen LogP contribution in [0.1, 0.15) is 10.4 Å². The second-order valence-corrected chi connectivity index (χ2v) is 4.21. The highest BCUT2D eigenvalue weighted by Gasteiger charge is 2.14. The summed E-state index contributed by atoms with van der Waals surface area (Å²) in [5.41, 5.74) is 6.57. The number of carbonyl (C=O) groups excluding carboxylic acids is 1. The number of halogens is 1. The summed E-state index contributed by atoms with van der Waals surface area (Å²) in [5.74, 6) is -0.664. The smallest absolute Gasteiger partial charge is 0.185 e. The number of hydrogen-bond donors (Lipinski definition) is 1. The summed E-state index contributed by atoms with van der Waals surface area (Å²) in [6, 6.07) is 5.84. The number of anilines is 1. The molecule has 0 spiro atoms. The lowest BCUT2D eigenvalue weighted by atomic mass is 10.1. The zero-order chi connectivity index (χ0) is 14.1. The van der Waals surface area contributed by atoms with Crippen LogP contribution in [0.4, 0.5) is 10.2 Å². The second kappa shape index (κ2) is 4.69. The van der Waals surface area contributed by atoms with Crippen LogP contribution in [0, 0.1) is 5.82 Å². The quantitative estimate of drug-likeness (QED) is 0.728. The maximum atomic E-state index is 13.6. The third kappa shape index (κ3) is 1.99. The Morgan fingerprint density at radius 3 is 2.85 bits per heavy atom. The third-order valence-electron chi connectivity index (χ3n) is 2.92. The molecule has 0 aliphatic carbocycles. The zero-order valence-corrected chi connectivity index (χ0v) is 10.3. The first-order valence-corrected chi connectivity index (χ1v) is 5.86. The Balaban J connectivity index is 1.96. The van der Waals surface area contributed by atoms with E-state index in [4.69, 9.17) is 5.73 Å². The van der Waals surface area contributed by atoms with Gasteiger partial charge in [0.2, 0.25) is 0 Å². The molecule has 2 N–H and O–H groups in total. The van der Waals surface area contributed by atoms with E-state index in [9.17, 15) is 9.18 Å². The number of carbonyl (C=O) groups is 1. The summed E-state index contributed by atoms with van der Waals surface area (Å²) in [4.78, 5) is 24.0. The molecule has 0 radical (unpaired) electrons. The first kappa shape index (κ1) is 12.2. The molecule has 0 atom stereocenters. The van der Waals surface area contributed by atoms with Crippen molar-refractivity contribution in [3.63, 3.8) is 0 Å². The van der Waals surface area contributed by atoms with Crippen molar-refractivity contribution in [2.45, 2.75) is 6.54 Å². The molecule has 0 amide bonds. The van der Waals surface area contributed by atoms with Gasteiger partial charge in [-0.15, -0.1) is 0 Å². The predicted octanol–water partition coefficient (Wildman–Crippen LogP) is 1.43. The fraction of sp³-hybridized carbons (Fsp3) is 0.0769. The van der Waals surface area contributed by atoms with Gasteiger partial charge < -0.3 is 10.3 Å². The summed E-state index contributed by atoms with van der Waals surface area (Å²) < 4.78 is 15.1. The van der Waals surface area contributed by atoms with Crippen molar-refractivity contribution in [1.29, 1.82) is 0 Å². The molecule has 0 aliphatic heterocycles. The van der Waals surface area contributed by atoms with Gasteiger partial charge in [0.15, 0.2) is 17.2 Å². The summed E-state index contributed by atoms with van der Waals surface area (Å²) in [5, 5.41) is 0. The van der Waals surface area contributed by atoms with E-state index in [1.807, 2.05) is 0 Å². The third-order valence-corrected chi connectivity index (χ3v) is 2.92. The van der Waals surface area contributed by atoms with Crippen LogP contribution in [0.3, 0.4) is 0 Å². The molecule has 7 heteroatoms. The van der Waals surface area contributed by atoms with Crippen molar-refractivity contribution in [3.8, 4) is 0 Å². The monoisotopic (exact) mass is 271 g/mol. The minimum Gasteiger partial charge on any atom is -0.382 e. The molecule has 0 unspecified atom stereocenters. The minimum atomic E-state index is -0.545. The SMILES string of the molecule is Nc1ncnc2c1ncn2CC(=O)c1ccccc1F. The lowest BCUT2D eigenvalue weighted by molar-refractivity contribution is 0.0969. The van der Waals surface area contributed by atoms with Crippen LogP contribution < -0.4 is 5.73 Å². The van der Waals surface area contributed by atoms with Crippen molar-refractivity contribution >= 4 is 22.8 Å². The molecule has 0 aliphatic rings. The first-order valence-electron chi connectivity index (χ1n) is 5.86. The number of rotatable bonds is 3. The molecular formula is C13H10FN5O. The van der Waals surface area contributed by atoms with Crippen molar-refractivity contribution in [3.05, 3.63) is 48.3 Å². The van der Waals surface area contributed by atoms with Gasteiger partial charge in [-0.25, -0.2) is 19.3 Å². The lowest BCUT2D eigenvalue weighted by Gasteiger charge is -2.04. The number of imidazole rings is 1. The van der Waals surface area contributed by atoms with Crippen LogP contribution in [-0.4, -0.2) is 25.3 Å². The normalized spacial score (nSPS) is 10.8. The van der Waals surface area contributed by atoms with E-state index in [1.165, 1.54) is 35.4 Å². The second-order valence-electron chi connectivity index (χ2n) is 4.21. The Bertz CT molecular complexity index is 798. The number of benzene rings is 1. The predicted molar refractivity (Wildman–Crippen MR) is 70.5 cm³/mol. The van der Waals surface area contributed by atoms with E-state index in [1.54, 1.807) is 6.07 Å². The van der Waals surface area contributed by atoms with Gasteiger partial charge in [-0.1, -0.05) is 12.1 Å². The number of nitrogen functional groups attached to an aromatic ring is 1. The maximum absolute atomic E-state index is 13.6. The van der Waals surface area contributed by atoms with Crippen LogP contribution in [0.5, 0.6) is 0 Å². The fourth-order valence-electron chi connectivity index (χ4n) is 1.94. The number of fused-ring (bicyclic) bond motifs is 1. The molecular weight excluding hydrogens is 261 g/mol. The Kier molecular flexibility index (Phi) is 2.86. The van der Waals surface area contributed by atoms with Crippen LogP contribution >= 0.6 is 0 Å². The number of hydrogen-bond acceptors (Lipinski definition) is 5. The molecule has 0 fully saturated rings. The highest BCUT2D eigenvalue weighted by Crippen LogP contribution is 2.15. The van der Waals surface area contributed by atoms with E-state index in [0.29, 0.717) is 11.2 Å². The fourth-order valence-corrected chi connectivity index (χ4v) is 1.94. The van der Waals surface area contributed by atoms with Crippen LogP contribution in [-0.2, 0) is 6.54 Å². The van der Waals surface area contributed by atoms with E-state index < -0.39 is 5.82 Å². The number of Topliss-reactive ketones (excluding diaryl/α,β-unsaturated/α-hetero) is 1. The van der Waals surface area contributed by atoms with Crippen molar-refractivity contribution in [2.24, 2.45) is 0 Å². The van der Waals surface area contributed by atoms with Crippen LogP contribution in [0.2, 0.25) is 0 Å². The summed E-state index contributed by atoms with van der Waals surface area (Å²) >= 11 is 0. The maximum Gasteiger partial charge on any atom is 0.185 e. The van der Waals surface area contributed by atoms with Gasteiger partial charge >= 0.3 is 0 Å². The summed E-state index contributed by atoms with van der Waals surface area (Å²) in [6.45, 7) is -0.0616. The number of aromatic nitrogens is 4. The average Bonchev–Trinajstić information content (AvgIpc) is 2.84. The number of nitrogens with zero attached hydrogens (tertiary/aromatic N) is 4. The molecule has 3 aromatic rings. The van der Waals surface area contributed by atoms with E-state index >= 15 is 0 Å². The standard InChI is InChI=1S/C13H10FN5O/c14-9-4-2-1-3-8(9)10(20)5-19-7-18-11-12(15)16-6-17-13(11)19/h1-4,6-7H,5H2,(H2,15,16,17). The molecule has 2 heterocycles. The van der Waals surface area contributed by atoms with Crippen LogP contribution in [0.25, 0.3) is 11.2 Å². The minimum absolute atomic E-state index is 0.0383. The highest BCUT2D eigenvalue weighted by atomic mass is 19.1. The van der Waals surface area contributed by atoms with Crippen molar-refractivity contribution in [2.75, 3.05) is 5.73 Å². The molecule has 2 aromatic heterocycles. The zero-order valence-electron chi connectivity index (χ0n) is 10.3. The number of nitrogens with two attached hydrogens (primary N) is 1. The van der Waals surface area contributed by atoms with E-state index in [-0.39, 0.29) is 23.7 Å². The van der Waals surface area contributed by atoms with Gasteiger partial charge in [-0.2, -0.15) is 0 Å². The highest BCUT2D eigenvalue weighted by molar-refractivity contribution is 5.97. The van der Waals surface area contributed by atoms with Gasteiger partial charge in [-0.05, 0) is 12.1 Å². The molecule has 3 rings (SSSR count). The van der Waals surface area contributed by atoms with Crippen molar-refractivity contribution < 1.29 is 9.18 Å². The Labute approximate surface area is 113 Å². The summed E-state index contributed by atoms with van der Waals surface area (Å²) in [7, 11) is 0. The first-order chi connectivity index (χ1) is 9.66. The molecule has 20 heavy (non-hydrogen) atoms. The largest absolute Gasteiger partial charge is 0.382 e. The van der Waals surface area contributed by atoms with Gasteiger partial charge in [0.1, 0.15) is 17.7 Å². The molecule has 1 aromatic carbocycles. The van der Waals surface area contributed by atoms with Crippen molar-refractivity contribution in [1.82, 2.24) is 19.5 Å². The lowest BCUT2D eigenvalue weighted by Crippen LogP contribution is -2.11. The Hall–Kier alpha value is -2.83. The molecule has 100 valence electrons. The molecule has 6 nitrogen and oxygen atoms in total. The van der Waals surface area contributed by atoms with Gasteiger partial charge in [-0.3, -0.25) is 4.79 Å². The van der Waals surface area contributed by atoms with E-state index in [0.717, 1.165) is 0 Å². The number of ketones is 1. The molecule has 0 saturated heterocycles. The Morgan fingerprint density at radius 1 is 1.25 bits per heavy atom. The molecule has 0 saturated carbocycles. The van der Waals surface area contributed by atoms with Gasteiger partial charge in [0, 0.05) is 0 Å². The van der Waals surface area contributed by atoms with E-state index in [2.05, 4.69) is 15.0 Å². The van der Waals surface area contributed by atoms with Crippen LogP contribution in [0.15, 0.2) is 36.9 Å². The molecule has 0 bridgehead atoms. The Morgan fingerprint density at radius 2 is 2.05 bits per heavy atom. The van der Waals surface area contributed by atoms with Gasteiger partial charge in [0.25, 0.3) is 0 Å². The average molecular weight is 271 g/mol. The summed E-state index contributed by atoms with van der Waals surface area (Å²) in [6.07, 6.45) is 2.73. The topological polar surface area (TPSA) is 86.7 Å².